The van der Waals surface area contributed by atoms with Gasteiger partial charge in [0.2, 0.25) is 0 Å². The summed E-state index contributed by atoms with van der Waals surface area (Å²) >= 11 is 0. The van der Waals surface area contributed by atoms with Gasteiger partial charge in [-0.2, -0.15) is 5.10 Å². The van der Waals surface area contributed by atoms with Gasteiger partial charge >= 0.3 is 0 Å². The first-order chi connectivity index (χ1) is 9.35. The fraction of sp³-hybridized carbons (Fsp3) is 0.438. The van der Waals surface area contributed by atoms with Crippen LogP contribution in [0.5, 0.6) is 0 Å². The highest BCUT2D eigenvalue weighted by atomic mass is 15.3. The third kappa shape index (κ3) is 3.67. The summed E-state index contributed by atoms with van der Waals surface area (Å²) in [5, 5.41) is 8.28. The molecule has 1 aromatic carbocycles. The monoisotopic (exact) mass is 257 g/mol. The molecule has 0 fully saturated rings. The van der Waals surface area contributed by atoms with Crippen molar-refractivity contribution in [2.75, 3.05) is 6.54 Å². The third-order valence-electron chi connectivity index (χ3n) is 3.21. The van der Waals surface area contributed by atoms with Crippen molar-refractivity contribution >= 4 is 0 Å². The maximum Gasteiger partial charge on any atom is 0.0798 e. The zero-order chi connectivity index (χ0) is 13.5. The molecule has 1 aromatic heterocycles. The van der Waals surface area contributed by atoms with Gasteiger partial charge in [0.25, 0.3) is 0 Å². The van der Waals surface area contributed by atoms with Crippen LogP contribution in [0.4, 0.5) is 0 Å². The summed E-state index contributed by atoms with van der Waals surface area (Å²) < 4.78 is 1.95. The predicted octanol–water partition coefficient (Wildman–Crippen LogP) is 3.71. The minimum absolute atomic E-state index is 0.370. The molecular weight excluding hydrogens is 234 g/mol. The summed E-state index contributed by atoms with van der Waals surface area (Å²) in [7, 11) is 0. The highest BCUT2D eigenvalue weighted by Crippen LogP contribution is 2.18. The highest BCUT2D eigenvalue weighted by molar-refractivity contribution is 5.30. The normalized spacial score (nSPS) is 12.5. The Morgan fingerprint density at radius 1 is 1.11 bits per heavy atom. The average molecular weight is 257 g/mol. The van der Waals surface area contributed by atoms with Crippen LogP contribution < -0.4 is 5.32 Å². The predicted molar refractivity (Wildman–Crippen MR) is 79.5 cm³/mol. The molecule has 0 aliphatic carbocycles. The Bertz CT molecular complexity index is 476. The quantitative estimate of drug-likeness (QED) is 0.819. The van der Waals surface area contributed by atoms with Gasteiger partial charge in [-0.25, -0.2) is 4.68 Å². The third-order valence-corrected chi connectivity index (χ3v) is 3.21. The van der Waals surface area contributed by atoms with Crippen molar-refractivity contribution in [2.45, 2.75) is 39.2 Å². The van der Waals surface area contributed by atoms with Gasteiger partial charge in [0, 0.05) is 6.20 Å². The fourth-order valence-corrected chi connectivity index (χ4v) is 2.21. The number of benzene rings is 1. The molecule has 3 nitrogen and oxygen atoms in total. The van der Waals surface area contributed by atoms with E-state index in [1.165, 1.54) is 6.42 Å². The van der Waals surface area contributed by atoms with Crippen molar-refractivity contribution in [3.63, 3.8) is 0 Å². The zero-order valence-electron chi connectivity index (χ0n) is 11.8. The van der Waals surface area contributed by atoms with Gasteiger partial charge in [-0.15, -0.1) is 0 Å². The second kappa shape index (κ2) is 7.10. The summed E-state index contributed by atoms with van der Waals surface area (Å²) in [4.78, 5) is 0. The van der Waals surface area contributed by atoms with Gasteiger partial charge < -0.3 is 5.32 Å². The first-order valence-electron chi connectivity index (χ1n) is 7.19. The van der Waals surface area contributed by atoms with Crippen LogP contribution in [0.25, 0.3) is 5.69 Å². The molecule has 1 atom stereocenters. The van der Waals surface area contributed by atoms with Crippen LogP contribution in [-0.2, 0) is 0 Å². The zero-order valence-corrected chi connectivity index (χ0v) is 11.8. The molecule has 3 heteroatoms. The van der Waals surface area contributed by atoms with Gasteiger partial charge in [-0.1, -0.05) is 38.5 Å². The lowest BCUT2D eigenvalue weighted by molar-refractivity contribution is 0.480. The second-order valence-electron chi connectivity index (χ2n) is 4.82. The fourth-order valence-electron chi connectivity index (χ4n) is 2.21. The van der Waals surface area contributed by atoms with E-state index in [-0.39, 0.29) is 0 Å². The molecule has 1 unspecified atom stereocenters. The SMILES string of the molecule is CCCNC(CCC)c1ccn(-c2ccccc2)n1. The average Bonchev–Trinajstić information content (AvgIpc) is 2.94. The number of nitrogens with zero attached hydrogens (tertiary/aromatic N) is 2. The Morgan fingerprint density at radius 3 is 2.58 bits per heavy atom. The lowest BCUT2D eigenvalue weighted by Gasteiger charge is -2.15. The second-order valence-corrected chi connectivity index (χ2v) is 4.82. The molecule has 102 valence electrons. The molecular formula is C16H23N3. The van der Waals surface area contributed by atoms with Gasteiger partial charge in [0.1, 0.15) is 0 Å². The van der Waals surface area contributed by atoms with Gasteiger partial charge in [-0.05, 0) is 37.6 Å². The van der Waals surface area contributed by atoms with Gasteiger partial charge in [0.15, 0.2) is 0 Å². The minimum atomic E-state index is 0.370. The number of hydrogen-bond donors (Lipinski definition) is 1. The molecule has 0 saturated carbocycles. The Kier molecular flexibility index (Phi) is 5.16. The van der Waals surface area contributed by atoms with E-state index >= 15 is 0 Å². The highest BCUT2D eigenvalue weighted by Gasteiger charge is 2.12. The van der Waals surface area contributed by atoms with Crippen LogP contribution in [0.1, 0.15) is 44.8 Å². The molecule has 0 amide bonds. The van der Waals surface area contributed by atoms with E-state index in [1.54, 1.807) is 0 Å². The van der Waals surface area contributed by atoms with Crippen LogP contribution in [0.15, 0.2) is 42.6 Å². The molecule has 1 heterocycles. The molecule has 1 N–H and O–H groups in total. The van der Waals surface area contributed by atoms with Crippen molar-refractivity contribution in [3.8, 4) is 5.69 Å². The Labute approximate surface area is 115 Å². The van der Waals surface area contributed by atoms with Crippen LogP contribution >= 0.6 is 0 Å². The van der Waals surface area contributed by atoms with Gasteiger partial charge in [0.05, 0.1) is 17.4 Å². The van der Waals surface area contributed by atoms with Gasteiger partial charge in [-0.3, -0.25) is 0 Å². The summed E-state index contributed by atoms with van der Waals surface area (Å²) in [6, 6.07) is 12.7. The summed E-state index contributed by atoms with van der Waals surface area (Å²) in [5.74, 6) is 0. The molecule has 0 aliphatic heterocycles. The molecule has 2 rings (SSSR count). The van der Waals surface area contributed by atoms with E-state index < -0.39 is 0 Å². The van der Waals surface area contributed by atoms with E-state index in [9.17, 15) is 0 Å². The number of hydrogen-bond acceptors (Lipinski definition) is 2. The van der Waals surface area contributed by atoms with Crippen molar-refractivity contribution in [1.82, 2.24) is 15.1 Å². The Balaban J connectivity index is 2.14. The van der Waals surface area contributed by atoms with E-state index in [4.69, 9.17) is 5.10 Å². The van der Waals surface area contributed by atoms with Crippen LogP contribution in [0.2, 0.25) is 0 Å². The number of rotatable bonds is 7. The maximum absolute atomic E-state index is 4.71. The Hall–Kier alpha value is -1.61. The topological polar surface area (TPSA) is 29.9 Å². The minimum Gasteiger partial charge on any atom is -0.309 e. The van der Waals surface area contributed by atoms with Crippen molar-refractivity contribution in [3.05, 3.63) is 48.3 Å². The molecule has 0 spiro atoms. The van der Waals surface area contributed by atoms with Crippen LogP contribution in [0.3, 0.4) is 0 Å². The smallest absolute Gasteiger partial charge is 0.0798 e. The van der Waals surface area contributed by atoms with E-state index in [2.05, 4.69) is 37.4 Å². The summed E-state index contributed by atoms with van der Waals surface area (Å²) in [5.41, 5.74) is 2.25. The van der Waals surface area contributed by atoms with E-state index in [1.807, 2.05) is 29.1 Å². The van der Waals surface area contributed by atoms with Crippen molar-refractivity contribution in [1.29, 1.82) is 0 Å². The van der Waals surface area contributed by atoms with Crippen LogP contribution in [0, 0.1) is 0 Å². The molecule has 0 aliphatic rings. The molecule has 19 heavy (non-hydrogen) atoms. The first-order valence-corrected chi connectivity index (χ1v) is 7.19. The largest absolute Gasteiger partial charge is 0.309 e. The lowest BCUT2D eigenvalue weighted by Crippen LogP contribution is -2.22. The van der Waals surface area contributed by atoms with E-state index in [0.717, 1.165) is 30.8 Å². The standard InChI is InChI=1S/C16H23N3/c1-3-8-15(17-12-4-2)16-11-13-19(18-16)14-9-6-5-7-10-14/h5-7,9-11,13,15,17H,3-4,8,12H2,1-2H3. The summed E-state index contributed by atoms with van der Waals surface area (Å²) in [6.45, 7) is 5.45. The molecule has 0 bridgehead atoms. The van der Waals surface area contributed by atoms with Crippen molar-refractivity contribution in [2.24, 2.45) is 0 Å². The maximum atomic E-state index is 4.71. The van der Waals surface area contributed by atoms with E-state index in [0.29, 0.717) is 6.04 Å². The Morgan fingerprint density at radius 2 is 1.89 bits per heavy atom. The molecule has 0 saturated heterocycles. The molecule has 0 radical (unpaired) electrons. The lowest BCUT2D eigenvalue weighted by atomic mass is 10.1. The first kappa shape index (κ1) is 13.8. The molecule has 2 aromatic rings. The van der Waals surface area contributed by atoms with Crippen LogP contribution in [-0.4, -0.2) is 16.3 Å². The summed E-state index contributed by atoms with van der Waals surface area (Å²) in [6.07, 6.45) is 5.49. The number of aromatic nitrogens is 2. The number of para-hydroxylation sites is 1. The number of nitrogens with one attached hydrogen (secondary N) is 1. The van der Waals surface area contributed by atoms with Crippen molar-refractivity contribution < 1.29 is 0 Å².